The first kappa shape index (κ1) is 13.6. The first-order chi connectivity index (χ1) is 9.56. The van der Waals surface area contributed by atoms with Gasteiger partial charge in [0.1, 0.15) is 17.7 Å². The predicted octanol–water partition coefficient (Wildman–Crippen LogP) is 4.88. The molecule has 1 aliphatic heterocycles. The van der Waals surface area contributed by atoms with Crippen molar-refractivity contribution in [1.29, 1.82) is 0 Å². The summed E-state index contributed by atoms with van der Waals surface area (Å²) in [6.45, 7) is 3.89. The Morgan fingerprint density at radius 1 is 1.20 bits per heavy atom. The molecular weight excluding hydrogens is 319 g/mol. The largest absolute Gasteiger partial charge is 0.488 e. The molecule has 0 saturated carbocycles. The van der Waals surface area contributed by atoms with E-state index in [0.29, 0.717) is 0 Å². The van der Waals surface area contributed by atoms with Gasteiger partial charge in [0.15, 0.2) is 0 Å². The molecule has 2 aromatic carbocycles. The SMILES string of the molecule is Cc1cc(F)cc(C)c1C(Br)C1Cc2ccccc2O1. The van der Waals surface area contributed by atoms with Gasteiger partial charge in [-0.25, -0.2) is 4.39 Å². The Hall–Kier alpha value is -1.35. The van der Waals surface area contributed by atoms with E-state index in [1.807, 2.05) is 32.0 Å². The highest BCUT2D eigenvalue weighted by molar-refractivity contribution is 9.09. The zero-order valence-electron chi connectivity index (χ0n) is 11.5. The Balaban J connectivity index is 1.90. The number of benzene rings is 2. The van der Waals surface area contributed by atoms with Crippen LogP contribution in [-0.2, 0) is 6.42 Å². The summed E-state index contributed by atoms with van der Waals surface area (Å²) in [6.07, 6.45) is 0.928. The lowest BCUT2D eigenvalue weighted by Gasteiger charge is -2.22. The lowest BCUT2D eigenvalue weighted by Crippen LogP contribution is -2.20. The van der Waals surface area contributed by atoms with Crippen molar-refractivity contribution in [2.75, 3.05) is 0 Å². The molecule has 0 saturated heterocycles. The van der Waals surface area contributed by atoms with Crippen LogP contribution in [0.3, 0.4) is 0 Å². The highest BCUT2D eigenvalue weighted by atomic mass is 79.9. The molecule has 1 nitrogen and oxygen atoms in total. The number of fused-ring (bicyclic) bond motifs is 1. The summed E-state index contributed by atoms with van der Waals surface area (Å²) >= 11 is 3.75. The molecule has 0 bridgehead atoms. The van der Waals surface area contributed by atoms with Gasteiger partial charge in [0, 0.05) is 6.42 Å². The molecular formula is C17H16BrFO. The van der Waals surface area contributed by atoms with Gasteiger partial charge in [0.2, 0.25) is 0 Å². The zero-order chi connectivity index (χ0) is 14.3. The second-order valence-corrected chi connectivity index (χ2v) is 6.31. The lowest BCUT2D eigenvalue weighted by atomic mass is 9.95. The van der Waals surface area contributed by atoms with Gasteiger partial charge in [-0.15, -0.1) is 0 Å². The van der Waals surface area contributed by atoms with Gasteiger partial charge in [0.05, 0.1) is 4.83 Å². The van der Waals surface area contributed by atoms with Crippen LogP contribution < -0.4 is 4.74 Å². The van der Waals surface area contributed by atoms with Gasteiger partial charge in [-0.1, -0.05) is 34.1 Å². The molecule has 0 radical (unpaired) electrons. The van der Waals surface area contributed by atoms with Crippen LogP contribution in [0.25, 0.3) is 0 Å². The Morgan fingerprint density at radius 3 is 2.50 bits per heavy atom. The lowest BCUT2D eigenvalue weighted by molar-refractivity contribution is 0.231. The molecule has 0 fully saturated rings. The van der Waals surface area contributed by atoms with Crippen molar-refractivity contribution >= 4 is 15.9 Å². The topological polar surface area (TPSA) is 9.23 Å². The van der Waals surface area contributed by atoms with Crippen molar-refractivity contribution < 1.29 is 9.13 Å². The zero-order valence-corrected chi connectivity index (χ0v) is 13.1. The summed E-state index contributed by atoms with van der Waals surface area (Å²) in [7, 11) is 0. The predicted molar refractivity (Wildman–Crippen MR) is 82.1 cm³/mol. The minimum absolute atomic E-state index is 0.0512. The van der Waals surface area contributed by atoms with E-state index in [9.17, 15) is 4.39 Å². The van der Waals surface area contributed by atoms with Crippen molar-refractivity contribution in [2.24, 2.45) is 0 Å². The number of alkyl halides is 1. The fourth-order valence-corrected chi connectivity index (χ4v) is 3.93. The number of para-hydroxylation sites is 1. The highest BCUT2D eigenvalue weighted by Gasteiger charge is 2.31. The maximum atomic E-state index is 13.4. The maximum Gasteiger partial charge on any atom is 0.123 e. The summed E-state index contributed by atoms with van der Waals surface area (Å²) in [6, 6.07) is 11.3. The van der Waals surface area contributed by atoms with Crippen molar-refractivity contribution in [3.8, 4) is 5.75 Å². The van der Waals surface area contributed by atoms with E-state index in [2.05, 4.69) is 22.0 Å². The quantitative estimate of drug-likeness (QED) is 0.711. The summed E-state index contributed by atoms with van der Waals surface area (Å²) in [5.41, 5.74) is 4.29. The minimum Gasteiger partial charge on any atom is -0.488 e. The summed E-state index contributed by atoms with van der Waals surface area (Å²) in [5.74, 6) is 0.776. The molecule has 0 spiro atoms. The standard InChI is InChI=1S/C17H16BrFO/c1-10-7-13(19)8-11(2)16(10)17(18)15-9-12-5-3-4-6-14(12)20-15/h3-8,15,17H,9H2,1-2H3. The van der Waals surface area contributed by atoms with Crippen LogP contribution in [0, 0.1) is 19.7 Å². The first-order valence-electron chi connectivity index (χ1n) is 6.71. The number of aryl methyl sites for hydroxylation is 2. The van der Waals surface area contributed by atoms with Crippen molar-refractivity contribution in [3.63, 3.8) is 0 Å². The van der Waals surface area contributed by atoms with E-state index in [4.69, 9.17) is 4.74 Å². The van der Waals surface area contributed by atoms with Crippen molar-refractivity contribution in [2.45, 2.75) is 31.2 Å². The third-order valence-corrected chi connectivity index (χ3v) is 4.88. The Bertz CT molecular complexity index is 605. The molecule has 2 unspecified atom stereocenters. The van der Waals surface area contributed by atoms with Crippen LogP contribution >= 0.6 is 15.9 Å². The second kappa shape index (κ2) is 5.21. The van der Waals surface area contributed by atoms with E-state index in [1.54, 1.807) is 12.1 Å². The van der Waals surface area contributed by atoms with Gasteiger partial charge in [0.25, 0.3) is 0 Å². The molecule has 3 rings (SSSR count). The van der Waals surface area contributed by atoms with E-state index in [0.717, 1.165) is 28.9 Å². The van der Waals surface area contributed by atoms with E-state index < -0.39 is 0 Å². The average Bonchev–Trinajstić information content (AvgIpc) is 2.81. The fraction of sp³-hybridized carbons (Fsp3) is 0.294. The molecule has 1 aliphatic rings. The van der Waals surface area contributed by atoms with Crippen molar-refractivity contribution in [1.82, 2.24) is 0 Å². The minimum atomic E-state index is -0.181. The molecule has 0 aromatic heterocycles. The summed E-state index contributed by atoms with van der Waals surface area (Å²) in [4.78, 5) is 0.0653. The van der Waals surface area contributed by atoms with Crippen LogP contribution in [0.4, 0.5) is 4.39 Å². The summed E-state index contributed by atoms with van der Waals surface area (Å²) in [5, 5.41) is 0. The van der Waals surface area contributed by atoms with Crippen LogP contribution in [0.2, 0.25) is 0 Å². The monoisotopic (exact) mass is 334 g/mol. The van der Waals surface area contributed by atoms with Gasteiger partial charge >= 0.3 is 0 Å². The highest BCUT2D eigenvalue weighted by Crippen LogP contribution is 2.40. The molecule has 3 heteroatoms. The summed E-state index contributed by atoms with van der Waals surface area (Å²) < 4.78 is 19.4. The molecule has 0 amide bonds. The van der Waals surface area contributed by atoms with E-state index in [-0.39, 0.29) is 16.7 Å². The molecule has 0 aliphatic carbocycles. The normalized spacial score (nSPS) is 18.5. The Labute approximate surface area is 126 Å². The van der Waals surface area contributed by atoms with Crippen LogP contribution in [0.15, 0.2) is 36.4 Å². The second-order valence-electron chi connectivity index (χ2n) is 5.32. The van der Waals surface area contributed by atoms with Gasteiger partial charge in [-0.2, -0.15) is 0 Å². The first-order valence-corrected chi connectivity index (χ1v) is 7.63. The smallest absolute Gasteiger partial charge is 0.123 e. The van der Waals surface area contributed by atoms with E-state index in [1.165, 1.54) is 5.56 Å². The maximum absolute atomic E-state index is 13.4. The van der Waals surface area contributed by atoms with Gasteiger partial charge in [-0.3, -0.25) is 0 Å². The molecule has 20 heavy (non-hydrogen) atoms. The number of hydrogen-bond donors (Lipinski definition) is 0. The molecule has 1 heterocycles. The average molecular weight is 335 g/mol. The van der Waals surface area contributed by atoms with Gasteiger partial charge in [-0.05, 0) is 54.3 Å². The number of rotatable bonds is 2. The molecule has 104 valence electrons. The third-order valence-electron chi connectivity index (χ3n) is 3.83. The van der Waals surface area contributed by atoms with E-state index >= 15 is 0 Å². The third kappa shape index (κ3) is 2.35. The molecule has 2 atom stereocenters. The van der Waals surface area contributed by atoms with Crippen molar-refractivity contribution in [3.05, 3.63) is 64.5 Å². The fourth-order valence-electron chi connectivity index (χ4n) is 2.91. The molecule has 0 N–H and O–H groups in total. The number of halogens is 2. The Kier molecular flexibility index (Phi) is 3.55. The molecule has 2 aromatic rings. The van der Waals surface area contributed by atoms with Gasteiger partial charge < -0.3 is 4.74 Å². The van der Waals surface area contributed by atoms with Crippen LogP contribution in [-0.4, -0.2) is 6.10 Å². The number of hydrogen-bond acceptors (Lipinski definition) is 1. The van der Waals surface area contributed by atoms with Crippen LogP contribution in [0.1, 0.15) is 27.1 Å². The number of ether oxygens (including phenoxy) is 1. The van der Waals surface area contributed by atoms with Crippen LogP contribution in [0.5, 0.6) is 5.75 Å². The Morgan fingerprint density at radius 2 is 1.85 bits per heavy atom.